The number of nitrogens with one attached hydrogen (secondary N) is 2. The van der Waals surface area contributed by atoms with Crippen molar-refractivity contribution in [1.82, 2.24) is 10.3 Å². The van der Waals surface area contributed by atoms with E-state index in [-0.39, 0.29) is 60.3 Å². The van der Waals surface area contributed by atoms with Crippen molar-refractivity contribution in [2.75, 3.05) is 34.8 Å². The summed E-state index contributed by atoms with van der Waals surface area (Å²) < 4.78 is 38.5. The smallest absolute Gasteiger partial charge is 0.416 e. The summed E-state index contributed by atoms with van der Waals surface area (Å²) >= 11 is 0. The maximum absolute atomic E-state index is 13.9. The van der Waals surface area contributed by atoms with E-state index in [1.54, 1.807) is 12.1 Å². The molecule has 0 bridgehead atoms. The van der Waals surface area contributed by atoms with Gasteiger partial charge in [0.25, 0.3) is 5.91 Å². The highest BCUT2D eigenvalue weighted by Gasteiger charge is 2.46. The van der Waals surface area contributed by atoms with Gasteiger partial charge < -0.3 is 25.0 Å². The van der Waals surface area contributed by atoms with Gasteiger partial charge in [-0.15, -0.1) is 0 Å². The van der Waals surface area contributed by atoms with E-state index in [0.29, 0.717) is 31.0 Å². The fourth-order valence-electron chi connectivity index (χ4n) is 5.09. The van der Waals surface area contributed by atoms with Crippen molar-refractivity contribution in [3.63, 3.8) is 0 Å². The monoisotopic (exact) mass is 528 g/mol. The summed E-state index contributed by atoms with van der Waals surface area (Å²) in [5, 5.41) is 6.01. The number of anilines is 3. The Morgan fingerprint density at radius 3 is 2.84 bits per heavy atom. The van der Waals surface area contributed by atoms with Gasteiger partial charge in [0, 0.05) is 44.6 Å². The fourth-order valence-corrected chi connectivity index (χ4v) is 5.09. The third-order valence-electron chi connectivity index (χ3n) is 6.87. The number of hydrogen-bond donors (Lipinski definition) is 2. The van der Waals surface area contributed by atoms with Crippen molar-refractivity contribution >= 4 is 47.6 Å². The first-order chi connectivity index (χ1) is 18.2. The molecule has 13 heteroatoms. The van der Waals surface area contributed by atoms with Crippen LogP contribution in [-0.4, -0.2) is 67.5 Å². The molecule has 2 fully saturated rings. The van der Waals surface area contributed by atoms with E-state index in [4.69, 9.17) is 9.47 Å². The summed E-state index contributed by atoms with van der Waals surface area (Å²) in [6.45, 7) is 5.17. The quantitative estimate of drug-likeness (QED) is 0.530. The zero-order valence-electron chi connectivity index (χ0n) is 20.6. The van der Waals surface area contributed by atoms with Gasteiger partial charge in [-0.05, 0) is 31.7 Å². The minimum absolute atomic E-state index is 0.00365. The van der Waals surface area contributed by atoms with Crippen LogP contribution in [0.25, 0.3) is 0 Å². The van der Waals surface area contributed by atoms with Crippen LogP contribution in [0.2, 0.25) is 0 Å². The molecule has 1 aromatic carbocycles. The first-order valence-electron chi connectivity index (χ1n) is 12.2. The largest absolute Gasteiger partial charge is 0.480 e. The number of carbonyl (C=O) groups is 3. The lowest BCUT2D eigenvalue weighted by atomic mass is 9.88. The molecule has 3 amide bonds. The van der Waals surface area contributed by atoms with E-state index in [2.05, 4.69) is 27.3 Å². The second-order valence-corrected chi connectivity index (χ2v) is 9.26. The van der Waals surface area contributed by atoms with Crippen molar-refractivity contribution in [2.24, 2.45) is 4.99 Å². The topological polar surface area (TPSA) is 125 Å². The van der Waals surface area contributed by atoms with E-state index in [0.717, 1.165) is 18.6 Å². The van der Waals surface area contributed by atoms with Gasteiger partial charge in [-0.3, -0.25) is 19.5 Å². The number of pyridine rings is 1. The van der Waals surface area contributed by atoms with Crippen molar-refractivity contribution in [3.05, 3.63) is 35.9 Å². The molecule has 200 valence electrons. The fraction of sp³-hybridized carbons (Fsp3) is 0.400. The number of fused-ring (bicyclic) bond motifs is 2. The van der Waals surface area contributed by atoms with E-state index in [9.17, 15) is 23.2 Å². The van der Waals surface area contributed by atoms with Crippen molar-refractivity contribution < 1.29 is 32.6 Å². The molecule has 0 spiro atoms. The summed E-state index contributed by atoms with van der Waals surface area (Å²) in [5.41, 5.74) is 0.205. The molecule has 2 aromatic rings. The molecule has 3 aliphatic rings. The molecule has 3 heterocycles. The molecule has 1 aromatic heterocycles. The maximum atomic E-state index is 13.9. The summed E-state index contributed by atoms with van der Waals surface area (Å²) in [5.74, 6) is -1.76. The number of amides is 3. The zero-order chi connectivity index (χ0) is 27.0. The van der Waals surface area contributed by atoms with Gasteiger partial charge in [0.1, 0.15) is 11.9 Å². The molecule has 38 heavy (non-hydrogen) atoms. The lowest BCUT2D eigenvalue weighted by Crippen LogP contribution is -2.47. The Labute approximate surface area is 216 Å². The Balaban J connectivity index is 1.21. The number of hydrogen-bond acceptors (Lipinski definition) is 8. The Morgan fingerprint density at radius 1 is 1.29 bits per heavy atom. The van der Waals surface area contributed by atoms with Gasteiger partial charge >= 0.3 is 6.09 Å². The van der Waals surface area contributed by atoms with E-state index >= 15 is 0 Å². The van der Waals surface area contributed by atoms with Crippen molar-refractivity contribution in [1.29, 1.82) is 0 Å². The Kier molecular flexibility index (Phi) is 6.93. The highest BCUT2D eigenvalue weighted by Crippen LogP contribution is 2.37. The summed E-state index contributed by atoms with van der Waals surface area (Å²) in [6, 6.07) is 4.94. The summed E-state index contributed by atoms with van der Waals surface area (Å²) in [6.07, 6.45) is 1.03. The lowest BCUT2D eigenvalue weighted by Gasteiger charge is -2.33. The Morgan fingerprint density at radius 2 is 2.08 bits per heavy atom. The molecule has 1 saturated heterocycles. The molecule has 5 rings (SSSR count). The third kappa shape index (κ3) is 4.88. The predicted molar refractivity (Wildman–Crippen MR) is 134 cm³/mol. The van der Waals surface area contributed by atoms with Gasteiger partial charge in [-0.1, -0.05) is 0 Å². The molecule has 11 nitrogen and oxygen atoms in total. The predicted octanol–water partition coefficient (Wildman–Crippen LogP) is 2.91. The maximum Gasteiger partial charge on any atom is 0.416 e. The van der Waals surface area contributed by atoms with E-state index in [1.807, 2.05) is 0 Å². The number of aromatic nitrogens is 1. The minimum atomic E-state index is -1.08. The minimum Gasteiger partial charge on any atom is -0.480 e. The highest BCUT2D eigenvalue weighted by molar-refractivity contribution is 5.96. The highest BCUT2D eigenvalue weighted by atomic mass is 19.2. The van der Waals surface area contributed by atoms with Crippen LogP contribution in [-0.2, 0) is 14.3 Å². The normalized spacial score (nSPS) is 22.1. The Bertz CT molecular complexity index is 1310. The van der Waals surface area contributed by atoms with Crippen LogP contribution in [0.5, 0.6) is 5.75 Å². The van der Waals surface area contributed by atoms with E-state index < -0.39 is 17.7 Å². The van der Waals surface area contributed by atoms with Crippen molar-refractivity contribution in [3.8, 4) is 5.75 Å². The van der Waals surface area contributed by atoms with Gasteiger partial charge in [0.2, 0.25) is 5.91 Å². The zero-order valence-corrected chi connectivity index (χ0v) is 20.6. The molecular weight excluding hydrogens is 502 g/mol. The number of benzene rings is 1. The molecule has 3 atom stereocenters. The molecule has 2 N–H and O–H groups in total. The second-order valence-electron chi connectivity index (χ2n) is 9.26. The van der Waals surface area contributed by atoms with E-state index in [1.165, 1.54) is 16.7 Å². The van der Waals surface area contributed by atoms with Crippen LogP contribution in [0.3, 0.4) is 0 Å². The van der Waals surface area contributed by atoms with Crippen LogP contribution < -0.4 is 25.2 Å². The standard InChI is InChI=1S/C25H26F2N6O5/c1-13(34)32(19-11-16(27)15(26)10-17(19)28-2)8-7-29-14-3-4-18-21(9-14)38-25(36)33(18)22-6-5-20-24(30-22)31-23(35)12-37-20/h5-6,10-11,14,18,21,29H,2-4,7-9,12H2,1H3,(H,30,31,35)/t14-,18-,21+/m0/s1. The molecule has 0 radical (unpaired) electrons. The van der Waals surface area contributed by atoms with Crippen molar-refractivity contribution in [2.45, 2.75) is 44.4 Å². The molecule has 0 unspecified atom stereocenters. The molecule has 2 aliphatic heterocycles. The molecule has 1 saturated carbocycles. The SMILES string of the molecule is C=Nc1cc(F)c(F)cc1N(CCN[C@H]1CC[C@H]2[C@@H](C1)OC(=O)N2c1ccc2c(n1)NC(=O)CO2)C(C)=O. The van der Waals surface area contributed by atoms with Crippen LogP contribution in [0.1, 0.15) is 26.2 Å². The number of aliphatic imine (C=N–C) groups is 1. The summed E-state index contributed by atoms with van der Waals surface area (Å²) in [4.78, 5) is 47.6. The van der Waals surface area contributed by atoms with Gasteiger partial charge in [-0.2, -0.15) is 0 Å². The van der Waals surface area contributed by atoms with Crippen LogP contribution in [0, 0.1) is 11.6 Å². The molecule has 1 aliphatic carbocycles. The first kappa shape index (κ1) is 25.5. The summed E-state index contributed by atoms with van der Waals surface area (Å²) in [7, 11) is 0. The second kappa shape index (κ2) is 10.3. The Hall–Kier alpha value is -4.13. The van der Waals surface area contributed by atoms with Gasteiger partial charge in [-0.25, -0.2) is 18.6 Å². The third-order valence-corrected chi connectivity index (χ3v) is 6.87. The average Bonchev–Trinajstić information content (AvgIpc) is 3.22. The van der Waals surface area contributed by atoms with Crippen LogP contribution >= 0.6 is 0 Å². The number of carbonyl (C=O) groups excluding carboxylic acids is 3. The van der Waals surface area contributed by atoms with Gasteiger partial charge in [0.15, 0.2) is 29.8 Å². The van der Waals surface area contributed by atoms with Crippen LogP contribution in [0.15, 0.2) is 29.3 Å². The number of rotatable bonds is 7. The number of nitrogens with zero attached hydrogens (tertiary/aromatic N) is 4. The lowest BCUT2D eigenvalue weighted by molar-refractivity contribution is -0.118. The van der Waals surface area contributed by atoms with Crippen LogP contribution in [0.4, 0.5) is 36.6 Å². The van der Waals surface area contributed by atoms with Gasteiger partial charge in [0.05, 0.1) is 17.4 Å². The first-order valence-corrected chi connectivity index (χ1v) is 12.2. The molecular formula is C25H26F2N6O5. The number of ether oxygens (including phenoxy) is 2. The average molecular weight is 529 g/mol. The number of halogens is 2.